The van der Waals surface area contributed by atoms with Crippen molar-refractivity contribution in [1.82, 2.24) is 24.7 Å². The minimum Gasteiger partial charge on any atom is -0.383 e. The van der Waals surface area contributed by atoms with E-state index in [1.165, 1.54) is 10.7 Å². The van der Waals surface area contributed by atoms with Crippen molar-refractivity contribution in [3.8, 4) is 5.95 Å². The molecule has 0 aliphatic carbocycles. The largest absolute Gasteiger partial charge is 0.389 e. The molecular weight excluding hydrogens is 411 g/mol. The molecule has 4 heterocycles. The highest BCUT2D eigenvalue weighted by Crippen LogP contribution is 2.39. The molecule has 0 unspecified atom stereocenters. The van der Waals surface area contributed by atoms with Crippen molar-refractivity contribution in [3.05, 3.63) is 28.5 Å². The number of nitrogen functional groups attached to an aromatic ring is 1. The Kier molecular flexibility index (Phi) is 4.19. The predicted octanol–water partition coefficient (Wildman–Crippen LogP) is 3.17. The van der Waals surface area contributed by atoms with Crippen LogP contribution in [0.3, 0.4) is 0 Å². The number of nitrogens with one attached hydrogen (secondary N) is 1. The fraction of sp³-hybridized carbons (Fsp3) is 0.353. The minimum atomic E-state index is -4.35. The van der Waals surface area contributed by atoms with Crippen LogP contribution in [0.15, 0.2) is 12.1 Å². The number of rotatable bonds is 3. The van der Waals surface area contributed by atoms with Gasteiger partial charge in [-0.15, -0.1) is 0 Å². The number of carbonyl (C=O) groups is 1. The van der Waals surface area contributed by atoms with E-state index in [2.05, 4.69) is 25.4 Å². The molecule has 0 saturated heterocycles. The fourth-order valence-corrected chi connectivity index (χ4v) is 3.41. The van der Waals surface area contributed by atoms with Crippen LogP contribution in [0.5, 0.6) is 0 Å². The lowest BCUT2D eigenvalue weighted by molar-refractivity contribution is -0.134. The van der Waals surface area contributed by atoms with Crippen LogP contribution in [0.1, 0.15) is 31.5 Å². The van der Waals surface area contributed by atoms with Crippen molar-refractivity contribution in [2.24, 2.45) is 0 Å². The number of pyridine rings is 1. The van der Waals surface area contributed by atoms with E-state index >= 15 is 0 Å². The summed E-state index contributed by atoms with van der Waals surface area (Å²) >= 11 is 5.92. The lowest BCUT2D eigenvalue weighted by atomic mass is 9.87. The standard InChI is InChI=1S/C17H15ClF3N7O/c1-16(2)10-12(22)24-15(26-13(10)25-14(16)29)28-8-3-4-9(18)23-11(8)7(27-28)5-6-17(19,20)21/h3-4H,5-6H2,1-2H3,(H3,22,24,25,26,29). The molecule has 3 N–H and O–H groups in total. The van der Waals surface area contributed by atoms with Gasteiger partial charge in [-0.05, 0) is 26.0 Å². The number of aromatic nitrogens is 5. The van der Waals surface area contributed by atoms with E-state index in [9.17, 15) is 18.0 Å². The summed E-state index contributed by atoms with van der Waals surface area (Å²) in [5.41, 5.74) is 6.31. The van der Waals surface area contributed by atoms with Crippen LogP contribution < -0.4 is 11.1 Å². The van der Waals surface area contributed by atoms with Crippen molar-refractivity contribution >= 4 is 40.2 Å². The van der Waals surface area contributed by atoms with Gasteiger partial charge in [-0.1, -0.05) is 11.6 Å². The monoisotopic (exact) mass is 425 g/mol. The number of aryl methyl sites for hydroxylation is 1. The van der Waals surface area contributed by atoms with Gasteiger partial charge in [0.1, 0.15) is 22.3 Å². The number of nitrogens with two attached hydrogens (primary N) is 1. The van der Waals surface area contributed by atoms with Gasteiger partial charge < -0.3 is 11.1 Å². The Balaban J connectivity index is 1.86. The molecule has 0 radical (unpaired) electrons. The van der Waals surface area contributed by atoms with Gasteiger partial charge in [0, 0.05) is 12.8 Å². The Bertz CT molecular complexity index is 1160. The van der Waals surface area contributed by atoms with E-state index in [1.54, 1.807) is 19.9 Å². The number of halogens is 4. The van der Waals surface area contributed by atoms with Crippen molar-refractivity contribution < 1.29 is 18.0 Å². The first kappa shape index (κ1) is 19.4. The highest BCUT2D eigenvalue weighted by Gasteiger charge is 2.42. The molecule has 3 aromatic rings. The van der Waals surface area contributed by atoms with Gasteiger partial charge in [0.05, 0.1) is 22.2 Å². The normalized spacial score (nSPS) is 15.6. The first-order valence-corrected chi connectivity index (χ1v) is 8.96. The van der Waals surface area contributed by atoms with Crippen LogP contribution in [0.2, 0.25) is 5.15 Å². The molecule has 0 atom stereocenters. The molecule has 1 aliphatic heterocycles. The van der Waals surface area contributed by atoms with Crippen molar-refractivity contribution in [3.63, 3.8) is 0 Å². The van der Waals surface area contributed by atoms with Crippen molar-refractivity contribution in [2.75, 3.05) is 11.1 Å². The maximum atomic E-state index is 12.7. The van der Waals surface area contributed by atoms with Gasteiger partial charge in [0.2, 0.25) is 5.91 Å². The van der Waals surface area contributed by atoms with E-state index in [0.717, 1.165) is 0 Å². The molecule has 8 nitrogen and oxygen atoms in total. The van der Waals surface area contributed by atoms with Crippen LogP contribution in [0.4, 0.5) is 24.8 Å². The second-order valence-electron chi connectivity index (χ2n) is 7.19. The topological polar surface area (TPSA) is 112 Å². The molecule has 0 bridgehead atoms. The SMILES string of the molecule is CC1(C)C(=O)Nc2nc(-n3nc(CCC(F)(F)F)c4nc(Cl)ccc43)nc(N)c21. The molecule has 1 amide bonds. The third-order valence-corrected chi connectivity index (χ3v) is 4.96. The van der Waals surface area contributed by atoms with E-state index < -0.39 is 18.0 Å². The molecule has 3 aromatic heterocycles. The molecule has 29 heavy (non-hydrogen) atoms. The van der Waals surface area contributed by atoms with Gasteiger partial charge in [-0.3, -0.25) is 4.79 Å². The van der Waals surface area contributed by atoms with Crippen molar-refractivity contribution in [1.29, 1.82) is 0 Å². The summed E-state index contributed by atoms with van der Waals surface area (Å²) in [5, 5.41) is 7.00. The summed E-state index contributed by atoms with van der Waals surface area (Å²) in [4.78, 5) is 24.9. The number of amides is 1. The summed E-state index contributed by atoms with van der Waals surface area (Å²) in [7, 11) is 0. The quantitative estimate of drug-likeness (QED) is 0.623. The van der Waals surface area contributed by atoms with Crippen LogP contribution >= 0.6 is 11.6 Å². The summed E-state index contributed by atoms with van der Waals surface area (Å²) in [6.07, 6.45) is -5.80. The van der Waals surface area contributed by atoms with E-state index in [0.29, 0.717) is 11.1 Å². The van der Waals surface area contributed by atoms with Gasteiger partial charge in [-0.2, -0.15) is 32.9 Å². The third kappa shape index (κ3) is 3.24. The Morgan fingerprint density at radius 1 is 1.24 bits per heavy atom. The summed E-state index contributed by atoms with van der Waals surface area (Å²) < 4.78 is 39.3. The second kappa shape index (κ2) is 6.28. The molecular formula is C17H15ClF3N7O. The number of anilines is 2. The predicted molar refractivity (Wildman–Crippen MR) is 99.9 cm³/mol. The lowest BCUT2D eigenvalue weighted by Gasteiger charge is -2.16. The van der Waals surface area contributed by atoms with Crippen LogP contribution in [0.25, 0.3) is 17.0 Å². The zero-order valence-electron chi connectivity index (χ0n) is 15.3. The fourth-order valence-electron chi connectivity index (χ4n) is 3.26. The van der Waals surface area contributed by atoms with Gasteiger partial charge in [0.25, 0.3) is 5.95 Å². The molecule has 12 heteroatoms. The van der Waals surface area contributed by atoms with Crippen LogP contribution in [-0.4, -0.2) is 36.8 Å². The highest BCUT2D eigenvalue weighted by atomic mass is 35.5. The third-order valence-electron chi connectivity index (χ3n) is 4.75. The number of hydrogen-bond donors (Lipinski definition) is 2. The number of hydrogen-bond acceptors (Lipinski definition) is 6. The van der Waals surface area contributed by atoms with Gasteiger partial charge in [0.15, 0.2) is 0 Å². The lowest BCUT2D eigenvalue weighted by Crippen LogP contribution is -2.27. The van der Waals surface area contributed by atoms with Crippen LogP contribution in [0, 0.1) is 0 Å². The zero-order valence-corrected chi connectivity index (χ0v) is 16.1. The molecule has 4 rings (SSSR count). The average Bonchev–Trinajstić information content (AvgIpc) is 3.07. The Hall–Kier alpha value is -2.95. The summed E-state index contributed by atoms with van der Waals surface area (Å²) in [6.45, 7) is 3.38. The Labute approximate surface area is 167 Å². The number of nitrogens with zero attached hydrogens (tertiary/aromatic N) is 5. The van der Waals surface area contributed by atoms with Crippen LogP contribution in [-0.2, 0) is 16.6 Å². The van der Waals surface area contributed by atoms with E-state index in [4.69, 9.17) is 17.3 Å². The average molecular weight is 426 g/mol. The molecule has 0 aromatic carbocycles. The van der Waals surface area contributed by atoms with Crippen molar-refractivity contribution in [2.45, 2.75) is 38.3 Å². The molecule has 152 valence electrons. The van der Waals surface area contributed by atoms with E-state index in [1.807, 2.05) is 0 Å². The van der Waals surface area contributed by atoms with Gasteiger partial charge in [-0.25, -0.2) is 4.98 Å². The first-order chi connectivity index (χ1) is 13.5. The first-order valence-electron chi connectivity index (χ1n) is 8.58. The highest BCUT2D eigenvalue weighted by molar-refractivity contribution is 6.29. The molecule has 0 saturated carbocycles. The smallest absolute Gasteiger partial charge is 0.383 e. The number of fused-ring (bicyclic) bond motifs is 2. The molecule has 0 spiro atoms. The molecule has 0 fully saturated rings. The summed E-state index contributed by atoms with van der Waals surface area (Å²) in [5.74, 6) is 0.0441. The zero-order chi connectivity index (χ0) is 21.1. The van der Waals surface area contributed by atoms with E-state index in [-0.39, 0.29) is 46.3 Å². The maximum absolute atomic E-state index is 12.7. The number of carbonyl (C=O) groups excluding carboxylic acids is 1. The Morgan fingerprint density at radius 3 is 2.66 bits per heavy atom. The maximum Gasteiger partial charge on any atom is 0.389 e. The number of alkyl halides is 3. The minimum absolute atomic E-state index is 0.00614. The summed E-state index contributed by atoms with van der Waals surface area (Å²) in [6, 6.07) is 3.04. The Morgan fingerprint density at radius 2 is 1.97 bits per heavy atom. The van der Waals surface area contributed by atoms with Gasteiger partial charge >= 0.3 is 6.18 Å². The molecule has 1 aliphatic rings. The second-order valence-corrected chi connectivity index (χ2v) is 7.57.